The largest absolute Gasteiger partial charge is 0.479 e. The highest BCUT2D eigenvalue weighted by atomic mass is 16.4. The fraction of sp³-hybridized carbons (Fsp3) is 0.857. The van der Waals surface area contributed by atoms with Gasteiger partial charge in [-0.25, -0.2) is 4.79 Å². The Morgan fingerprint density at radius 1 is 1.21 bits per heavy atom. The van der Waals surface area contributed by atoms with Gasteiger partial charge in [0.1, 0.15) is 0 Å². The number of hydrogen-bond acceptors (Lipinski definition) is 3. The van der Waals surface area contributed by atoms with Gasteiger partial charge in [0.2, 0.25) is 5.91 Å². The molecule has 2 unspecified atom stereocenters. The number of aliphatic carboxylic acids is 1. The normalized spacial score (nSPS) is 20.0. The van der Waals surface area contributed by atoms with E-state index in [-0.39, 0.29) is 17.7 Å². The number of carbonyl (C=O) groups is 2. The number of aliphatic hydroxyl groups is 1. The van der Waals surface area contributed by atoms with Crippen molar-refractivity contribution < 1.29 is 19.8 Å². The average Bonchev–Trinajstić information content (AvgIpc) is 2.37. The van der Waals surface area contributed by atoms with E-state index in [1.807, 2.05) is 13.8 Å². The van der Waals surface area contributed by atoms with Crippen molar-refractivity contribution in [2.75, 3.05) is 0 Å². The van der Waals surface area contributed by atoms with Crippen LogP contribution in [0.5, 0.6) is 0 Å². The SMILES string of the molecule is CC(C)CC(NC(=O)C1CCCCC1)C(O)C(=O)O. The molecule has 0 bridgehead atoms. The molecule has 0 radical (unpaired) electrons. The topological polar surface area (TPSA) is 86.6 Å². The van der Waals surface area contributed by atoms with Crippen LogP contribution in [0, 0.1) is 11.8 Å². The van der Waals surface area contributed by atoms with E-state index in [4.69, 9.17) is 5.11 Å². The Morgan fingerprint density at radius 2 is 1.79 bits per heavy atom. The van der Waals surface area contributed by atoms with Crippen LogP contribution in [0.25, 0.3) is 0 Å². The van der Waals surface area contributed by atoms with Gasteiger partial charge in [-0.1, -0.05) is 33.1 Å². The second kappa shape index (κ2) is 7.48. The second-order valence-corrected chi connectivity index (χ2v) is 5.86. The lowest BCUT2D eigenvalue weighted by Crippen LogP contribution is -2.49. The van der Waals surface area contributed by atoms with E-state index < -0.39 is 18.1 Å². The molecule has 1 rings (SSSR count). The summed E-state index contributed by atoms with van der Waals surface area (Å²) in [7, 11) is 0. The van der Waals surface area contributed by atoms with Gasteiger partial charge in [0.25, 0.3) is 0 Å². The van der Waals surface area contributed by atoms with Crippen LogP contribution in [-0.2, 0) is 9.59 Å². The maximum atomic E-state index is 12.1. The third kappa shape index (κ3) is 5.19. The molecule has 5 nitrogen and oxygen atoms in total. The third-order valence-corrected chi connectivity index (χ3v) is 3.66. The van der Waals surface area contributed by atoms with Gasteiger partial charge >= 0.3 is 5.97 Å². The average molecular weight is 271 g/mol. The summed E-state index contributed by atoms with van der Waals surface area (Å²) in [5.74, 6) is -1.20. The van der Waals surface area contributed by atoms with E-state index in [1.165, 1.54) is 0 Å². The molecule has 1 saturated carbocycles. The summed E-state index contributed by atoms with van der Waals surface area (Å²) in [5.41, 5.74) is 0. The molecular formula is C14H25NO4. The molecular weight excluding hydrogens is 246 g/mol. The molecule has 1 fully saturated rings. The molecule has 110 valence electrons. The van der Waals surface area contributed by atoms with Crippen molar-refractivity contribution in [1.82, 2.24) is 5.32 Å². The Labute approximate surface area is 114 Å². The summed E-state index contributed by atoms with van der Waals surface area (Å²) in [6.07, 6.45) is 3.92. The molecule has 0 spiro atoms. The summed E-state index contributed by atoms with van der Waals surface area (Å²) < 4.78 is 0. The van der Waals surface area contributed by atoms with Crippen LogP contribution in [0.4, 0.5) is 0 Å². The molecule has 0 heterocycles. The minimum Gasteiger partial charge on any atom is -0.479 e. The molecule has 0 aliphatic heterocycles. The van der Waals surface area contributed by atoms with Crippen LogP contribution in [0.3, 0.4) is 0 Å². The summed E-state index contributed by atoms with van der Waals surface area (Å²) in [5, 5.41) is 21.3. The van der Waals surface area contributed by atoms with Crippen molar-refractivity contribution in [2.24, 2.45) is 11.8 Å². The number of hydrogen-bond donors (Lipinski definition) is 3. The zero-order chi connectivity index (χ0) is 14.4. The summed E-state index contributed by atoms with van der Waals surface area (Å²) in [4.78, 5) is 23.0. The fourth-order valence-electron chi connectivity index (χ4n) is 2.61. The van der Waals surface area contributed by atoms with E-state index in [0.717, 1.165) is 32.1 Å². The monoisotopic (exact) mass is 271 g/mol. The molecule has 5 heteroatoms. The quantitative estimate of drug-likeness (QED) is 0.684. The van der Waals surface area contributed by atoms with Crippen molar-refractivity contribution in [2.45, 2.75) is 64.5 Å². The summed E-state index contributed by atoms with van der Waals surface area (Å²) >= 11 is 0. The van der Waals surface area contributed by atoms with Gasteiger partial charge in [0.15, 0.2) is 6.10 Å². The van der Waals surface area contributed by atoms with Gasteiger partial charge in [0, 0.05) is 5.92 Å². The van der Waals surface area contributed by atoms with E-state index in [2.05, 4.69) is 5.32 Å². The summed E-state index contributed by atoms with van der Waals surface area (Å²) in [6.45, 7) is 3.88. The van der Waals surface area contributed by atoms with Crippen molar-refractivity contribution >= 4 is 11.9 Å². The smallest absolute Gasteiger partial charge is 0.334 e. The zero-order valence-corrected chi connectivity index (χ0v) is 11.8. The highest BCUT2D eigenvalue weighted by Crippen LogP contribution is 2.24. The Hall–Kier alpha value is -1.10. The van der Waals surface area contributed by atoms with E-state index in [0.29, 0.717) is 6.42 Å². The van der Waals surface area contributed by atoms with Gasteiger partial charge in [-0.05, 0) is 25.2 Å². The molecule has 2 atom stereocenters. The van der Waals surface area contributed by atoms with Gasteiger partial charge < -0.3 is 15.5 Å². The number of carboxylic acid groups (broad SMARTS) is 1. The number of aliphatic hydroxyl groups excluding tert-OH is 1. The first-order chi connectivity index (χ1) is 8.91. The highest BCUT2D eigenvalue weighted by Gasteiger charge is 2.30. The number of rotatable bonds is 6. The lowest BCUT2D eigenvalue weighted by molar-refractivity contribution is -0.149. The minimum absolute atomic E-state index is 0.0237. The first kappa shape index (κ1) is 16.0. The lowest BCUT2D eigenvalue weighted by atomic mass is 9.88. The Kier molecular flexibility index (Phi) is 6.28. The third-order valence-electron chi connectivity index (χ3n) is 3.66. The molecule has 1 aliphatic rings. The van der Waals surface area contributed by atoms with Gasteiger partial charge in [-0.2, -0.15) is 0 Å². The number of carboxylic acids is 1. The molecule has 1 amide bonds. The zero-order valence-electron chi connectivity index (χ0n) is 11.8. The molecule has 1 aliphatic carbocycles. The standard InChI is InChI=1S/C14H25NO4/c1-9(2)8-11(12(16)14(18)19)15-13(17)10-6-4-3-5-7-10/h9-12,16H,3-8H2,1-2H3,(H,15,17)(H,18,19). The van der Waals surface area contributed by atoms with Crippen molar-refractivity contribution in [3.8, 4) is 0 Å². The van der Waals surface area contributed by atoms with Crippen LogP contribution < -0.4 is 5.32 Å². The first-order valence-corrected chi connectivity index (χ1v) is 7.13. The summed E-state index contributed by atoms with van der Waals surface area (Å²) in [6, 6.07) is -0.702. The number of amides is 1. The minimum atomic E-state index is -1.53. The van der Waals surface area contributed by atoms with Crippen molar-refractivity contribution in [1.29, 1.82) is 0 Å². The van der Waals surface area contributed by atoms with Gasteiger partial charge in [0.05, 0.1) is 6.04 Å². The van der Waals surface area contributed by atoms with Crippen LogP contribution in [0.15, 0.2) is 0 Å². The van der Waals surface area contributed by atoms with Crippen LogP contribution in [-0.4, -0.2) is 34.2 Å². The maximum Gasteiger partial charge on any atom is 0.334 e. The second-order valence-electron chi connectivity index (χ2n) is 5.86. The van der Waals surface area contributed by atoms with Crippen LogP contribution in [0.2, 0.25) is 0 Å². The van der Waals surface area contributed by atoms with Gasteiger partial charge in [-0.15, -0.1) is 0 Å². The fourth-order valence-corrected chi connectivity index (χ4v) is 2.61. The number of nitrogens with one attached hydrogen (secondary N) is 1. The number of carbonyl (C=O) groups excluding carboxylic acids is 1. The predicted molar refractivity (Wildman–Crippen MR) is 71.6 cm³/mol. The molecule has 0 aromatic rings. The Balaban J connectivity index is 2.59. The van der Waals surface area contributed by atoms with Crippen LogP contribution in [0.1, 0.15) is 52.4 Å². The molecule has 0 aromatic carbocycles. The molecule has 0 saturated heterocycles. The predicted octanol–water partition coefficient (Wildman–Crippen LogP) is 1.54. The van der Waals surface area contributed by atoms with Crippen molar-refractivity contribution in [3.63, 3.8) is 0 Å². The molecule has 0 aromatic heterocycles. The van der Waals surface area contributed by atoms with Gasteiger partial charge in [-0.3, -0.25) is 4.79 Å². The van der Waals surface area contributed by atoms with Crippen LogP contribution >= 0.6 is 0 Å². The van der Waals surface area contributed by atoms with Crippen molar-refractivity contribution in [3.05, 3.63) is 0 Å². The maximum absolute atomic E-state index is 12.1. The molecule has 19 heavy (non-hydrogen) atoms. The lowest BCUT2D eigenvalue weighted by Gasteiger charge is -2.27. The van der Waals surface area contributed by atoms with E-state index in [1.54, 1.807) is 0 Å². The highest BCUT2D eigenvalue weighted by molar-refractivity contribution is 5.80. The first-order valence-electron chi connectivity index (χ1n) is 7.13. The Bertz CT molecular complexity index is 311. The van der Waals surface area contributed by atoms with E-state index in [9.17, 15) is 14.7 Å². The Morgan fingerprint density at radius 3 is 2.26 bits per heavy atom. The molecule has 3 N–H and O–H groups in total. The van der Waals surface area contributed by atoms with E-state index >= 15 is 0 Å².